The molecule has 0 atom stereocenters. The van der Waals surface area contributed by atoms with E-state index in [-0.39, 0.29) is 5.78 Å². The summed E-state index contributed by atoms with van der Waals surface area (Å²) in [5, 5.41) is 0.538. The fourth-order valence-electron chi connectivity index (χ4n) is 2.08. The first-order valence-corrected chi connectivity index (χ1v) is 5.29. The van der Waals surface area contributed by atoms with Crippen LogP contribution in [0.15, 0.2) is 0 Å². The summed E-state index contributed by atoms with van der Waals surface area (Å²) in [4.78, 5) is 16.7. The van der Waals surface area contributed by atoms with Gasteiger partial charge in [-0.1, -0.05) is 11.3 Å². The molecule has 1 aromatic rings. The molecule has 13 heavy (non-hydrogen) atoms. The molecule has 0 radical (unpaired) electrons. The molecule has 0 aliphatic heterocycles. The summed E-state index contributed by atoms with van der Waals surface area (Å²) in [6, 6.07) is 0. The van der Waals surface area contributed by atoms with Crippen LogP contribution < -0.4 is 5.73 Å². The number of anilines is 1. The fraction of sp³-hybridized carbons (Fsp3) is 0.556. The van der Waals surface area contributed by atoms with Crippen LogP contribution >= 0.6 is 11.3 Å². The number of fused-ring (bicyclic) bond motifs is 1. The van der Waals surface area contributed by atoms with Gasteiger partial charge in [0.2, 0.25) is 0 Å². The number of hydrogen-bond donors (Lipinski definition) is 1. The maximum atomic E-state index is 11.7. The molecule has 3 rings (SSSR count). The van der Waals surface area contributed by atoms with Gasteiger partial charge in [0.15, 0.2) is 10.9 Å². The zero-order chi connectivity index (χ0) is 9.05. The molecule has 0 bridgehead atoms. The lowest BCUT2D eigenvalue weighted by atomic mass is 9.87. The summed E-state index contributed by atoms with van der Waals surface area (Å²) >= 11 is 1.34. The summed E-state index contributed by atoms with van der Waals surface area (Å²) in [6.07, 6.45) is 4.08. The molecule has 1 aromatic heterocycles. The number of rotatable bonds is 0. The summed E-state index contributed by atoms with van der Waals surface area (Å²) in [5.41, 5.74) is 6.84. The van der Waals surface area contributed by atoms with Crippen LogP contribution in [0, 0.1) is 5.41 Å². The van der Waals surface area contributed by atoms with Gasteiger partial charge in [0.05, 0.1) is 10.6 Å². The van der Waals surface area contributed by atoms with Crippen LogP contribution in [-0.2, 0) is 6.42 Å². The van der Waals surface area contributed by atoms with Crippen molar-refractivity contribution in [1.29, 1.82) is 0 Å². The maximum Gasteiger partial charge on any atom is 0.180 e. The number of nitrogen functional groups attached to an aromatic ring is 1. The second-order valence-corrected chi connectivity index (χ2v) is 5.14. The van der Waals surface area contributed by atoms with Crippen molar-refractivity contribution in [2.75, 3.05) is 5.73 Å². The predicted molar refractivity (Wildman–Crippen MR) is 50.8 cm³/mol. The van der Waals surface area contributed by atoms with E-state index in [4.69, 9.17) is 5.73 Å². The van der Waals surface area contributed by atoms with Crippen LogP contribution in [0.4, 0.5) is 5.13 Å². The van der Waals surface area contributed by atoms with Gasteiger partial charge in [-0.15, -0.1) is 0 Å². The van der Waals surface area contributed by atoms with Crippen molar-refractivity contribution in [2.45, 2.75) is 25.7 Å². The topological polar surface area (TPSA) is 56.0 Å². The third kappa shape index (κ3) is 1.01. The highest BCUT2D eigenvalue weighted by atomic mass is 32.1. The van der Waals surface area contributed by atoms with E-state index in [2.05, 4.69) is 4.98 Å². The number of thiazole rings is 1. The number of hydrogen-bond acceptors (Lipinski definition) is 4. The number of ketones is 1. The van der Waals surface area contributed by atoms with Gasteiger partial charge in [-0.3, -0.25) is 4.79 Å². The minimum Gasteiger partial charge on any atom is -0.375 e. The van der Waals surface area contributed by atoms with Crippen LogP contribution in [0.5, 0.6) is 0 Å². The third-order valence-corrected chi connectivity index (χ3v) is 3.97. The summed E-state index contributed by atoms with van der Waals surface area (Å²) < 4.78 is 0. The molecular formula is C9H10N2OS. The van der Waals surface area contributed by atoms with E-state index in [9.17, 15) is 4.79 Å². The lowest BCUT2D eigenvalue weighted by Crippen LogP contribution is -2.19. The van der Waals surface area contributed by atoms with Gasteiger partial charge in [-0.2, -0.15) is 0 Å². The average molecular weight is 194 g/mol. The predicted octanol–water partition coefficient (Wildman–Crippen LogP) is 1.63. The highest BCUT2D eigenvalue weighted by Gasteiger charge is 2.48. The van der Waals surface area contributed by atoms with E-state index in [1.165, 1.54) is 24.2 Å². The van der Waals surface area contributed by atoms with Gasteiger partial charge < -0.3 is 5.73 Å². The Balaban J connectivity index is 2.10. The minimum absolute atomic E-state index is 0.257. The highest BCUT2D eigenvalue weighted by molar-refractivity contribution is 7.17. The maximum absolute atomic E-state index is 11.7. The number of nitrogens with two attached hydrogens (primary N) is 1. The number of carbonyl (C=O) groups excluding carboxylic acids is 1. The Kier molecular flexibility index (Phi) is 1.22. The first-order valence-electron chi connectivity index (χ1n) is 4.47. The van der Waals surface area contributed by atoms with Gasteiger partial charge in [-0.05, 0) is 24.7 Å². The summed E-state index contributed by atoms with van der Waals surface area (Å²) in [6.45, 7) is 0. The summed E-state index contributed by atoms with van der Waals surface area (Å²) in [5.74, 6) is 0.257. The molecule has 1 fully saturated rings. The van der Waals surface area contributed by atoms with Crippen LogP contribution in [0.2, 0.25) is 0 Å². The molecule has 0 saturated heterocycles. The number of nitrogens with zero attached hydrogens (tertiary/aromatic N) is 1. The van der Waals surface area contributed by atoms with Crippen LogP contribution in [-0.4, -0.2) is 10.8 Å². The minimum atomic E-state index is 0.257. The van der Waals surface area contributed by atoms with E-state index < -0.39 is 0 Å². The van der Waals surface area contributed by atoms with E-state index in [0.717, 1.165) is 23.4 Å². The number of aromatic nitrogens is 1. The molecule has 0 amide bonds. The Bertz CT molecular complexity index is 392. The molecule has 1 spiro atoms. The van der Waals surface area contributed by atoms with Crippen LogP contribution in [0.1, 0.15) is 34.6 Å². The molecule has 1 heterocycles. The Hall–Kier alpha value is -0.900. The zero-order valence-electron chi connectivity index (χ0n) is 7.17. The normalized spacial score (nSPS) is 23.2. The quantitative estimate of drug-likeness (QED) is 0.683. The van der Waals surface area contributed by atoms with Crippen molar-refractivity contribution in [3.05, 3.63) is 10.6 Å². The summed E-state index contributed by atoms with van der Waals surface area (Å²) in [7, 11) is 0. The monoisotopic (exact) mass is 194 g/mol. The Morgan fingerprint density at radius 3 is 2.85 bits per heavy atom. The SMILES string of the molecule is Nc1nc2c(s1)C(=O)CC1(CC1)C2. The zero-order valence-corrected chi connectivity index (χ0v) is 7.99. The van der Waals surface area contributed by atoms with E-state index >= 15 is 0 Å². The van der Waals surface area contributed by atoms with Crippen LogP contribution in [0.25, 0.3) is 0 Å². The molecule has 1 saturated carbocycles. The van der Waals surface area contributed by atoms with Gasteiger partial charge in [0.25, 0.3) is 0 Å². The van der Waals surface area contributed by atoms with Crippen molar-refractivity contribution in [2.24, 2.45) is 5.41 Å². The highest BCUT2D eigenvalue weighted by Crippen LogP contribution is 2.55. The molecular weight excluding hydrogens is 184 g/mol. The number of carbonyl (C=O) groups is 1. The molecule has 2 aliphatic carbocycles. The lowest BCUT2D eigenvalue weighted by Gasteiger charge is -2.18. The van der Waals surface area contributed by atoms with Gasteiger partial charge in [0, 0.05) is 6.42 Å². The molecule has 68 valence electrons. The number of Topliss-reactive ketones (excluding diaryl/α,β-unsaturated/α-hetero) is 1. The fourth-order valence-corrected chi connectivity index (χ4v) is 2.86. The third-order valence-electron chi connectivity index (χ3n) is 3.00. The standard InChI is InChI=1S/C9H10N2OS/c10-8-11-5-3-9(1-2-9)4-6(12)7(5)13-8/h1-4H2,(H2,10,11). The molecule has 3 nitrogen and oxygen atoms in total. The lowest BCUT2D eigenvalue weighted by molar-refractivity contribution is 0.0945. The van der Waals surface area contributed by atoms with E-state index in [0.29, 0.717) is 10.5 Å². The van der Waals surface area contributed by atoms with Crippen molar-refractivity contribution >= 4 is 22.3 Å². The first kappa shape index (κ1) is 7.50. The van der Waals surface area contributed by atoms with Gasteiger partial charge in [0.1, 0.15) is 0 Å². The molecule has 2 aliphatic rings. The first-order chi connectivity index (χ1) is 6.19. The second kappa shape index (κ2) is 2.12. The van der Waals surface area contributed by atoms with E-state index in [1.54, 1.807) is 0 Å². The van der Waals surface area contributed by atoms with Gasteiger partial charge >= 0.3 is 0 Å². The Morgan fingerprint density at radius 2 is 2.15 bits per heavy atom. The van der Waals surface area contributed by atoms with Crippen molar-refractivity contribution in [3.63, 3.8) is 0 Å². The Morgan fingerprint density at radius 1 is 1.38 bits per heavy atom. The molecule has 2 N–H and O–H groups in total. The molecule has 4 heteroatoms. The largest absolute Gasteiger partial charge is 0.375 e. The second-order valence-electron chi connectivity index (χ2n) is 4.10. The van der Waals surface area contributed by atoms with Gasteiger partial charge in [-0.25, -0.2) is 4.98 Å². The molecule has 0 unspecified atom stereocenters. The van der Waals surface area contributed by atoms with Crippen LogP contribution in [0.3, 0.4) is 0 Å². The smallest absolute Gasteiger partial charge is 0.180 e. The molecule has 0 aromatic carbocycles. The average Bonchev–Trinajstić information content (AvgIpc) is 2.65. The van der Waals surface area contributed by atoms with Crippen molar-refractivity contribution in [1.82, 2.24) is 4.98 Å². The van der Waals surface area contributed by atoms with Crippen molar-refractivity contribution in [3.8, 4) is 0 Å². The van der Waals surface area contributed by atoms with E-state index in [1.807, 2.05) is 0 Å². The van der Waals surface area contributed by atoms with Crippen molar-refractivity contribution < 1.29 is 4.79 Å². The Labute approximate surface area is 80.0 Å².